The molecule has 2 N–H and O–H groups in total. The van der Waals surface area contributed by atoms with Crippen molar-refractivity contribution in [2.24, 2.45) is 0 Å². The van der Waals surface area contributed by atoms with Crippen molar-refractivity contribution in [3.8, 4) is 5.75 Å². The molecule has 33 heavy (non-hydrogen) atoms. The summed E-state index contributed by atoms with van der Waals surface area (Å²) in [7, 11) is 1.62. The molecule has 2 aromatic rings. The van der Waals surface area contributed by atoms with Gasteiger partial charge in [-0.3, -0.25) is 14.9 Å². The van der Waals surface area contributed by atoms with E-state index >= 15 is 0 Å². The first-order valence-electron chi connectivity index (χ1n) is 10.9. The van der Waals surface area contributed by atoms with E-state index < -0.39 is 18.0 Å². The van der Waals surface area contributed by atoms with Crippen molar-refractivity contribution in [3.05, 3.63) is 52.1 Å². The van der Waals surface area contributed by atoms with Crippen molar-refractivity contribution in [1.29, 1.82) is 0 Å². The molecular weight excluding hydrogens is 424 g/mol. The van der Waals surface area contributed by atoms with Crippen LogP contribution >= 0.6 is 0 Å². The van der Waals surface area contributed by atoms with Crippen LogP contribution in [-0.4, -0.2) is 38.3 Å². The number of carbonyl (C=O) groups is 3. The van der Waals surface area contributed by atoms with Gasteiger partial charge in [-0.25, -0.2) is 4.79 Å². The molecule has 0 aromatic heterocycles. The summed E-state index contributed by atoms with van der Waals surface area (Å²) in [5, 5.41) is 5.48. The summed E-state index contributed by atoms with van der Waals surface area (Å²) >= 11 is 0. The van der Waals surface area contributed by atoms with Gasteiger partial charge in [0.25, 0.3) is 0 Å². The fourth-order valence-corrected chi connectivity index (χ4v) is 4.02. The normalized spacial score (nSPS) is 14.5. The van der Waals surface area contributed by atoms with Crippen LogP contribution in [-0.2, 0) is 19.1 Å². The molecule has 0 aliphatic carbocycles. The number of carbonyl (C=O) groups excluding carboxylic acids is 3. The number of nitrogens with one attached hydrogen (secondary N) is 2. The van der Waals surface area contributed by atoms with Crippen molar-refractivity contribution in [2.75, 3.05) is 31.0 Å². The van der Waals surface area contributed by atoms with E-state index in [0.29, 0.717) is 35.7 Å². The Bertz CT molecular complexity index is 1080. The van der Waals surface area contributed by atoms with Crippen LogP contribution in [0.1, 0.15) is 53.5 Å². The molecule has 1 aliphatic heterocycles. The summed E-state index contributed by atoms with van der Waals surface area (Å²) in [5.74, 6) is -0.765. The smallest absolute Gasteiger partial charge is 0.411 e. The Morgan fingerprint density at radius 2 is 1.73 bits per heavy atom. The fraction of sp³-hybridized carbons (Fsp3) is 0.400. The Hall–Kier alpha value is -3.39. The molecule has 1 heterocycles. The number of aryl methyl sites for hydroxylation is 2. The first-order chi connectivity index (χ1) is 15.7. The zero-order chi connectivity index (χ0) is 24.1. The van der Waals surface area contributed by atoms with Crippen molar-refractivity contribution in [2.45, 2.75) is 46.5 Å². The standard InChI is InChI=1S/C25H30N2O6/c1-14-10-15(2)23-20(11-14)22(24(29)33-23)19-12-18(13-21(16(19)3)26-17(4)28)27-25(30)32-9-7-6-8-31-5/h10-13,22H,6-9H2,1-5H3,(H,26,28)(H,27,30). The van der Waals surface area contributed by atoms with E-state index in [9.17, 15) is 14.4 Å². The van der Waals surface area contributed by atoms with Crippen LogP contribution in [0.2, 0.25) is 0 Å². The lowest BCUT2D eigenvalue weighted by atomic mass is 9.87. The van der Waals surface area contributed by atoms with Gasteiger partial charge >= 0.3 is 12.1 Å². The molecule has 0 fully saturated rings. The van der Waals surface area contributed by atoms with Crippen LogP contribution in [0, 0.1) is 20.8 Å². The number of hydrogen-bond donors (Lipinski definition) is 2. The number of fused-ring (bicyclic) bond motifs is 1. The highest BCUT2D eigenvalue weighted by Crippen LogP contribution is 2.44. The van der Waals surface area contributed by atoms with Crippen LogP contribution in [0.15, 0.2) is 24.3 Å². The summed E-state index contributed by atoms with van der Waals surface area (Å²) in [5.41, 5.74) is 4.94. The SMILES string of the molecule is COCCCCOC(=O)Nc1cc(NC(C)=O)c(C)c(C2C(=O)Oc3c(C)cc(C)cc32)c1. The summed E-state index contributed by atoms with van der Waals surface area (Å²) < 4.78 is 15.8. The Labute approximate surface area is 193 Å². The lowest BCUT2D eigenvalue weighted by Crippen LogP contribution is -2.18. The maximum absolute atomic E-state index is 12.9. The van der Waals surface area contributed by atoms with E-state index in [1.165, 1.54) is 6.92 Å². The summed E-state index contributed by atoms with van der Waals surface area (Å²) in [4.78, 5) is 37.0. The fourth-order valence-electron chi connectivity index (χ4n) is 4.02. The number of ether oxygens (including phenoxy) is 3. The second kappa shape index (κ2) is 10.5. The van der Waals surface area contributed by atoms with Gasteiger partial charge in [0.05, 0.1) is 6.61 Å². The third-order valence-corrected chi connectivity index (χ3v) is 5.49. The van der Waals surface area contributed by atoms with Crippen LogP contribution in [0.3, 0.4) is 0 Å². The Morgan fingerprint density at radius 3 is 2.42 bits per heavy atom. The minimum absolute atomic E-state index is 0.257. The van der Waals surface area contributed by atoms with Crippen molar-refractivity contribution in [1.82, 2.24) is 0 Å². The third-order valence-electron chi connectivity index (χ3n) is 5.49. The molecule has 8 heteroatoms. The van der Waals surface area contributed by atoms with Gasteiger partial charge in [0.15, 0.2) is 0 Å². The van der Waals surface area contributed by atoms with Crippen LogP contribution < -0.4 is 15.4 Å². The van der Waals surface area contributed by atoms with Crippen LogP contribution in [0.4, 0.5) is 16.2 Å². The van der Waals surface area contributed by atoms with Gasteiger partial charge in [-0.15, -0.1) is 0 Å². The minimum atomic E-state index is -0.669. The zero-order valence-electron chi connectivity index (χ0n) is 19.7. The number of rotatable bonds is 8. The number of unbranched alkanes of at least 4 members (excludes halogenated alkanes) is 1. The maximum atomic E-state index is 12.9. The van der Waals surface area contributed by atoms with Gasteiger partial charge in [0.1, 0.15) is 11.7 Å². The van der Waals surface area contributed by atoms with Gasteiger partial charge in [0.2, 0.25) is 5.91 Å². The molecule has 8 nitrogen and oxygen atoms in total. The molecule has 1 unspecified atom stereocenters. The van der Waals surface area contributed by atoms with Gasteiger partial charge in [-0.2, -0.15) is 0 Å². The zero-order valence-corrected chi connectivity index (χ0v) is 19.7. The van der Waals surface area contributed by atoms with Crippen molar-refractivity contribution in [3.63, 3.8) is 0 Å². The van der Waals surface area contributed by atoms with Crippen LogP contribution in [0.25, 0.3) is 0 Å². The molecular formula is C25H30N2O6. The first kappa shape index (κ1) is 24.3. The van der Waals surface area contributed by atoms with E-state index in [1.807, 2.05) is 32.9 Å². The highest BCUT2D eigenvalue weighted by Gasteiger charge is 2.37. The predicted molar refractivity (Wildman–Crippen MR) is 125 cm³/mol. The first-order valence-corrected chi connectivity index (χ1v) is 10.9. The topological polar surface area (TPSA) is 103 Å². The Balaban J connectivity index is 1.93. The molecule has 176 valence electrons. The van der Waals surface area contributed by atoms with Crippen molar-refractivity contribution < 1.29 is 28.6 Å². The second-order valence-electron chi connectivity index (χ2n) is 8.23. The predicted octanol–water partition coefficient (Wildman–Crippen LogP) is 4.60. The molecule has 2 aromatic carbocycles. The molecule has 2 amide bonds. The molecule has 0 spiro atoms. The molecule has 1 aliphatic rings. The summed E-state index contributed by atoms with van der Waals surface area (Å²) in [6, 6.07) is 7.27. The minimum Gasteiger partial charge on any atom is -0.449 e. The maximum Gasteiger partial charge on any atom is 0.411 e. The number of hydrogen-bond acceptors (Lipinski definition) is 6. The Morgan fingerprint density at radius 1 is 1.00 bits per heavy atom. The van der Waals surface area contributed by atoms with E-state index in [4.69, 9.17) is 14.2 Å². The molecule has 0 radical (unpaired) electrons. The highest BCUT2D eigenvalue weighted by atomic mass is 16.5. The monoisotopic (exact) mass is 454 g/mol. The van der Waals surface area contributed by atoms with Gasteiger partial charge in [-0.1, -0.05) is 17.7 Å². The van der Waals surface area contributed by atoms with Crippen molar-refractivity contribution >= 4 is 29.3 Å². The van der Waals surface area contributed by atoms with Gasteiger partial charge in [0, 0.05) is 37.6 Å². The average molecular weight is 455 g/mol. The lowest BCUT2D eigenvalue weighted by molar-refractivity contribution is -0.133. The summed E-state index contributed by atoms with van der Waals surface area (Å²) in [6.45, 7) is 7.95. The Kier molecular flexibility index (Phi) is 7.71. The average Bonchev–Trinajstić information content (AvgIpc) is 3.06. The largest absolute Gasteiger partial charge is 0.449 e. The highest BCUT2D eigenvalue weighted by molar-refractivity contribution is 5.95. The lowest BCUT2D eigenvalue weighted by Gasteiger charge is -2.18. The molecule has 0 saturated carbocycles. The quantitative estimate of drug-likeness (QED) is 0.343. The van der Waals surface area contributed by atoms with E-state index in [-0.39, 0.29) is 12.5 Å². The number of amides is 2. The van der Waals surface area contributed by atoms with E-state index in [0.717, 1.165) is 28.7 Å². The van der Waals surface area contributed by atoms with Gasteiger partial charge in [-0.05, 0) is 62.4 Å². The number of esters is 1. The van der Waals surface area contributed by atoms with E-state index in [2.05, 4.69) is 10.6 Å². The third kappa shape index (κ3) is 5.70. The number of anilines is 2. The molecule has 3 rings (SSSR count). The summed E-state index contributed by atoms with van der Waals surface area (Å²) in [6.07, 6.45) is 0.853. The second-order valence-corrected chi connectivity index (χ2v) is 8.23. The molecule has 0 saturated heterocycles. The van der Waals surface area contributed by atoms with Crippen LogP contribution in [0.5, 0.6) is 5.75 Å². The van der Waals surface area contributed by atoms with Gasteiger partial charge < -0.3 is 19.5 Å². The molecule has 1 atom stereocenters. The number of benzene rings is 2. The number of methoxy groups -OCH3 is 1. The van der Waals surface area contributed by atoms with E-state index in [1.54, 1.807) is 19.2 Å². The molecule has 0 bridgehead atoms.